The zero-order valence-electron chi connectivity index (χ0n) is 23.0. The number of hydrogen-bond acceptors (Lipinski definition) is 5. The van der Waals surface area contributed by atoms with Gasteiger partial charge in [0.25, 0.3) is 10.0 Å². The first-order valence-corrected chi connectivity index (χ1v) is 14.8. The van der Waals surface area contributed by atoms with E-state index in [2.05, 4.69) is 5.32 Å². The lowest BCUT2D eigenvalue weighted by molar-refractivity contribution is -0.140. The zero-order valence-corrected chi connectivity index (χ0v) is 23.9. The van der Waals surface area contributed by atoms with E-state index in [-0.39, 0.29) is 17.3 Å². The molecule has 3 rings (SSSR count). The first kappa shape index (κ1) is 30.6. The lowest BCUT2D eigenvalue weighted by Gasteiger charge is -2.33. The number of carbonyl (C=O) groups is 2. The smallest absolute Gasteiger partial charge is 0.264 e. The number of sulfonamides is 1. The van der Waals surface area contributed by atoms with Crippen LogP contribution in [0.25, 0.3) is 0 Å². The summed E-state index contributed by atoms with van der Waals surface area (Å²) in [4.78, 5) is 28.4. The van der Waals surface area contributed by atoms with Crippen molar-refractivity contribution in [2.45, 2.75) is 51.1 Å². The minimum atomic E-state index is -4.18. The quantitative estimate of drug-likeness (QED) is 0.302. The molecule has 0 fully saturated rings. The third-order valence-electron chi connectivity index (χ3n) is 6.25. The Bertz CT molecular complexity index is 1350. The van der Waals surface area contributed by atoms with Crippen molar-refractivity contribution < 1.29 is 27.1 Å². The molecule has 1 atom stereocenters. The zero-order chi connectivity index (χ0) is 29.1. The summed E-state index contributed by atoms with van der Waals surface area (Å²) in [7, 11) is -4.18. The number of nitrogens with zero attached hydrogens (tertiary/aromatic N) is 2. The van der Waals surface area contributed by atoms with Crippen molar-refractivity contribution in [3.63, 3.8) is 0 Å². The standard InChI is InChI=1S/C30H36FN3O5S/c1-4-20-32-30(36)28(5-2)33(21-23-12-14-24(31)15-13-23)29(35)22-34(25-10-8-7-9-11-25)40(37,38)27-18-16-26(17-19-27)39-6-3/h7-19,28H,4-6,20-22H2,1-3H3,(H,32,36)/t28-/m0/s1. The summed E-state index contributed by atoms with van der Waals surface area (Å²) in [5.41, 5.74) is 0.909. The molecule has 0 saturated heterocycles. The van der Waals surface area contributed by atoms with Crippen LogP contribution in [0.2, 0.25) is 0 Å². The summed E-state index contributed by atoms with van der Waals surface area (Å²) < 4.78 is 47.8. The Hall–Kier alpha value is -3.92. The molecule has 1 N–H and O–H groups in total. The molecule has 3 aromatic rings. The van der Waals surface area contributed by atoms with Gasteiger partial charge in [-0.3, -0.25) is 13.9 Å². The highest BCUT2D eigenvalue weighted by atomic mass is 32.2. The van der Waals surface area contributed by atoms with E-state index < -0.39 is 34.3 Å². The van der Waals surface area contributed by atoms with Crippen LogP contribution in [0.3, 0.4) is 0 Å². The molecule has 214 valence electrons. The Morgan fingerprint density at radius 2 is 1.57 bits per heavy atom. The molecule has 8 nitrogen and oxygen atoms in total. The molecule has 0 heterocycles. The first-order valence-electron chi connectivity index (χ1n) is 13.3. The van der Waals surface area contributed by atoms with Gasteiger partial charge in [-0.25, -0.2) is 12.8 Å². The molecule has 0 radical (unpaired) electrons. The summed E-state index contributed by atoms with van der Waals surface area (Å²) in [6.07, 6.45) is 1.02. The second kappa shape index (κ2) is 14.5. The second-order valence-electron chi connectivity index (χ2n) is 9.11. The second-order valence-corrected chi connectivity index (χ2v) is 11.0. The largest absolute Gasteiger partial charge is 0.494 e. The maximum absolute atomic E-state index is 13.9. The Kier molecular flexibility index (Phi) is 11.1. The summed E-state index contributed by atoms with van der Waals surface area (Å²) in [6.45, 7) is 5.87. The van der Waals surface area contributed by atoms with Crippen LogP contribution in [0.15, 0.2) is 83.8 Å². The maximum atomic E-state index is 13.9. The molecule has 2 amide bonds. The fourth-order valence-electron chi connectivity index (χ4n) is 4.20. The van der Waals surface area contributed by atoms with Gasteiger partial charge in [0.2, 0.25) is 11.8 Å². The lowest BCUT2D eigenvalue weighted by atomic mass is 10.1. The van der Waals surface area contributed by atoms with Crippen LogP contribution in [-0.2, 0) is 26.2 Å². The van der Waals surface area contributed by atoms with Crippen molar-refractivity contribution in [2.75, 3.05) is 24.0 Å². The predicted octanol–water partition coefficient (Wildman–Crippen LogP) is 4.75. The van der Waals surface area contributed by atoms with Crippen LogP contribution in [-0.4, -0.2) is 50.9 Å². The molecule has 0 bridgehead atoms. The highest BCUT2D eigenvalue weighted by Gasteiger charge is 2.33. The summed E-state index contributed by atoms with van der Waals surface area (Å²) >= 11 is 0. The molecular weight excluding hydrogens is 533 g/mol. The molecule has 0 aromatic heterocycles. The number of carbonyl (C=O) groups excluding carboxylic acids is 2. The van der Waals surface area contributed by atoms with Crippen LogP contribution >= 0.6 is 0 Å². The van der Waals surface area contributed by atoms with Crippen LogP contribution < -0.4 is 14.4 Å². The number of anilines is 1. The van der Waals surface area contributed by atoms with Gasteiger partial charge < -0.3 is 15.0 Å². The normalized spacial score (nSPS) is 11.9. The summed E-state index contributed by atoms with van der Waals surface area (Å²) in [5, 5.41) is 2.83. The van der Waals surface area contributed by atoms with Gasteiger partial charge in [0.05, 0.1) is 17.2 Å². The molecule has 0 unspecified atom stereocenters. The van der Waals surface area contributed by atoms with Gasteiger partial charge in [0, 0.05) is 13.1 Å². The molecule has 0 aliphatic carbocycles. The van der Waals surface area contributed by atoms with Gasteiger partial charge in [-0.05, 0) is 73.9 Å². The van der Waals surface area contributed by atoms with Gasteiger partial charge in [-0.2, -0.15) is 0 Å². The Labute approximate surface area is 235 Å². The molecule has 0 spiro atoms. The average molecular weight is 570 g/mol. The molecule has 0 aliphatic rings. The fourth-order valence-corrected chi connectivity index (χ4v) is 5.61. The van der Waals surface area contributed by atoms with E-state index in [0.717, 1.165) is 10.7 Å². The first-order chi connectivity index (χ1) is 19.2. The van der Waals surface area contributed by atoms with Gasteiger partial charge in [0.1, 0.15) is 24.2 Å². The maximum Gasteiger partial charge on any atom is 0.264 e. The highest BCUT2D eigenvalue weighted by molar-refractivity contribution is 7.92. The number of ether oxygens (including phenoxy) is 1. The van der Waals surface area contributed by atoms with E-state index in [9.17, 15) is 22.4 Å². The van der Waals surface area contributed by atoms with Crippen molar-refractivity contribution in [1.29, 1.82) is 0 Å². The monoisotopic (exact) mass is 569 g/mol. The average Bonchev–Trinajstić information content (AvgIpc) is 2.96. The number of benzene rings is 3. The highest BCUT2D eigenvalue weighted by Crippen LogP contribution is 2.26. The fraction of sp³-hybridized carbons (Fsp3) is 0.333. The molecular formula is C30H36FN3O5S. The minimum absolute atomic E-state index is 0.00287. The topological polar surface area (TPSA) is 96.0 Å². The van der Waals surface area contributed by atoms with E-state index in [1.165, 1.54) is 41.3 Å². The number of para-hydroxylation sites is 1. The predicted molar refractivity (Wildman–Crippen MR) is 153 cm³/mol. The third-order valence-corrected chi connectivity index (χ3v) is 8.04. The summed E-state index contributed by atoms with van der Waals surface area (Å²) in [6, 6.07) is 19.1. The van der Waals surface area contributed by atoms with Crippen molar-refractivity contribution in [3.8, 4) is 5.75 Å². The van der Waals surface area contributed by atoms with Gasteiger partial charge in [-0.1, -0.05) is 44.2 Å². The van der Waals surface area contributed by atoms with Crippen molar-refractivity contribution in [2.24, 2.45) is 0 Å². The van der Waals surface area contributed by atoms with E-state index >= 15 is 0 Å². The van der Waals surface area contributed by atoms with E-state index in [4.69, 9.17) is 4.74 Å². The number of nitrogens with one attached hydrogen (secondary N) is 1. The SMILES string of the molecule is CCCNC(=O)[C@H](CC)N(Cc1ccc(F)cc1)C(=O)CN(c1ccccc1)S(=O)(=O)c1ccc(OCC)cc1. The van der Waals surface area contributed by atoms with Gasteiger partial charge in [0.15, 0.2) is 0 Å². The molecule has 3 aromatic carbocycles. The van der Waals surface area contributed by atoms with E-state index in [1.54, 1.807) is 49.4 Å². The van der Waals surface area contributed by atoms with Crippen LogP contribution in [0, 0.1) is 5.82 Å². The Balaban J connectivity index is 2.01. The van der Waals surface area contributed by atoms with Crippen molar-refractivity contribution >= 4 is 27.5 Å². The molecule has 40 heavy (non-hydrogen) atoms. The third kappa shape index (κ3) is 7.81. The minimum Gasteiger partial charge on any atom is -0.494 e. The molecule has 0 aliphatic heterocycles. The summed E-state index contributed by atoms with van der Waals surface area (Å²) in [5.74, 6) is -0.800. The lowest BCUT2D eigenvalue weighted by Crippen LogP contribution is -2.52. The van der Waals surface area contributed by atoms with Gasteiger partial charge in [-0.15, -0.1) is 0 Å². The van der Waals surface area contributed by atoms with E-state index in [0.29, 0.717) is 36.6 Å². The number of halogens is 1. The molecule has 10 heteroatoms. The number of hydrogen-bond donors (Lipinski definition) is 1. The van der Waals surface area contributed by atoms with Crippen LogP contribution in [0.5, 0.6) is 5.75 Å². The van der Waals surface area contributed by atoms with Crippen LogP contribution in [0.4, 0.5) is 10.1 Å². The number of amides is 2. The Morgan fingerprint density at radius 3 is 2.15 bits per heavy atom. The number of rotatable bonds is 14. The molecule has 0 saturated carbocycles. The van der Waals surface area contributed by atoms with E-state index in [1.807, 2.05) is 13.8 Å². The van der Waals surface area contributed by atoms with Gasteiger partial charge >= 0.3 is 0 Å². The Morgan fingerprint density at radius 1 is 0.925 bits per heavy atom. The van der Waals surface area contributed by atoms with Crippen LogP contribution in [0.1, 0.15) is 39.2 Å². The van der Waals surface area contributed by atoms with Crippen molar-refractivity contribution in [1.82, 2.24) is 10.2 Å². The van der Waals surface area contributed by atoms with Crippen molar-refractivity contribution in [3.05, 3.63) is 90.2 Å².